The van der Waals surface area contributed by atoms with Crippen LogP contribution in [0.5, 0.6) is 0 Å². The lowest BCUT2D eigenvalue weighted by Gasteiger charge is -2.07. The van der Waals surface area contributed by atoms with Crippen molar-refractivity contribution >= 4 is 5.91 Å². The largest absolute Gasteiger partial charge is 0.381 e. The van der Waals surface area contributed by atoms with Crippen molar-refractivity contribution in [3.05, 3.63) is 47.5 Å². The summed E-state index contributed by atoms with van der Waals surface area (Å²) in [4.78, 5) is 12.2. The number of para-hydroxylation sites is 1. The maximum absolute atomic E-state index is 13.9. The number of nitrogens with one attached hydrogen (secondary N) is 1. The van der Waals surface area contributed by atoms with Crippen molar-refractivity contribution in [1.29, 1.82) is 0 Å². The molecule has 1 amide bonds. The van der Waals surface area contributed by atoms with Crippen LogP contribution in [0.25, 0.3) is 5.69 Å². The molecule has 0 unspecified atom stereocenters. The van der Waals surface area contributed by atoms with Gasteiger partial charge in [-0.1, -0.05) is 25.5 Å². The number of amides is 1. The number of ether oxygens (including phenoxy) is 1. The summed E-state index contributed by atoms with van der Waals surface area (Å²) in [5.74, 6) is -0.580. The Bertz CT molecular complexity index is 670. The van der Waals surface area contributed by atoms with Crippen LogP contribution in [0.15, 0.2) is 30.5 Å². The van der Waals surface area contributed by atoms with E-state index in [-0.39, 0.29) is 11.7 Å². The number of hydrogen-bond donors (Lipinski definition) is 1. The molecule has 0 aliphatic heterocycles. The molecule has 0 fully saturated rings. The molecule has 0 bridgehead atoms. The Balaban J connectivity index is 1.89. The van der Waals surface area contributed by atoms with Crippen LogP contribution in [0.2, 0.25) is 0 Å². The second kappa shape index (κ2) is 9.17. The van der Waals surface area contributed by atoms with Gasteiger partial charge in [-0.2, -0.15) is 5.10 Å². The highest BCUT2D eigenvalue weighted by molar-refractivity contribution is 5.95. The lowest BCUT2D eigenvalue weighted by molar-refractivity contribution is 0.0940. The fourth-order valence-corrected chi connectivity index (χ4v) is 2.32. The van der Waals surface area contributed by atoms with Crippen LogP contribution in [0.1, 0.15) is 42.2 Å². The Morgan fingerprint density at radius 1 is 1.29 bits per heavy atom. The molecule has 1 aromatic carbocycles. The number of carbonyl (C=O) groups excluding carboxylic acids is 1. The summed E-state index contributed by atoms with van der Waals surface area (Å²) in [6.07, 6.45) is 4.40. The van der Waals surface area contributed by atoms with Crippen molar-refractivity contribution in [1.82, 2.24) is 15.1 Å². The van der Waals surface area contributed by atoms with Crippen LogP contribution in [-0.2, 0) is 4.74 Å². The molecule has 130 valence electrons. The lowest BCUT2D eigenvalue weighted by Crippen LogP contribution is -2.25. The van der Waals surface area contributed by atoms with Gasteiger partial charge in [-0.3, -0.25) is 4.79 Å². The third-order valence-electron chi connectivity index (χ3n) is 3.73. The summed E-state index contributed by atoms with van der Waals surface area (Å²) in [7, 11) is 0. The van der Waals surface area contributed by atoms with Gasteiger partial charge >= 0.3 is 0 Å². The third-order valence-corrected chi connectivity index (χ3v) is 3.73. The van der Waals surface area contributed by atoms with E-state index in [0.29, 0.717) is 30.1 Å². The second-order valence-electron chi connectivity index (χ2n) is 5.58. The quantitative estimate of drug-likeness (QED) is 0.717. The Labute approximate surface area is 141 Å². The van der Waals surface area contributed by atoms with Crippen LogP contribution < -0.4 is 5.32 Å². The molecule has 0 radical (unpaired) electrons. The smallest absolute Gasteiger partial charge is 0.254 e. The normalized spacial score (nSPS) is 10.8. The van der Waals surface area contributed by atoms with E-state index in [1.807, 2.05) is 0 Å². The number of nitrogens with zero attached hydrogens (tertiary/aromatic N) is 2. The van der Waals surface area contributed by atoms with Gasteiger partial charge in [0.25, 0.3) is 5.91 Å². The molecule has 6 heteroatoms. The minimum Gasteiger partial charge on any atom is -0.381 e. The molecule has 2 rings (SSSR count). The molecule has 24 heavy (non-hydrogen) atoms. The number of halogens is 1. The van der Waals surface area contributed by atoms with Crippen LogP contribution >= 0.6 is 0 Å². The van der Waals surface area contributed by atoms with Crippen molar-refractivity contribution in [3.63, 3.8) is 0 Å². The van der Waals surface area contributed by atoms with E-state index in [1.165, 1.54) is 16.9 Å². The number of hydrogen-bond acceptors (Lipinski definition) is 3. The zero-order valence-corrected chi connectivity index (χ0v) is 14.2. The van der Waals surface area contributed by atoms with Crippen LogP contribution in [0, 0.1) is 12.7 Å². The first kappa shape index (κ1) is 18.1. The standard InChI is InChI=1S/C18H24FN3O2/c1-3-4-11-24-12-7-10-20-18(23)15-13-21-22(14(15)2)17-9-6-5-8-16(17)19/h5-6,8-9,13H,3-4,7,10-12H2,1-2H3,(H,20,23). The highest BCUT2D eigenvalue weighted by Gasteiger charge is 2.16. The average molecular weight is 333 g/mol. The number of carbonyl (C=O) groups is 1. The first-order chi connectivity index (χ1) is 11.6. The maximum atomic E-state index is 13.9. The number of aromatic nitrogens is 2. The van der Waals surface area contributed by atoms with Gasteiger partial charge in [0.1, 0.15) is 11.5 Å². The van der Waals surface area contributed by atoms with E-state index in [2.05, 4.69) is 17.3 Å². The Morgan fingerprint density at radius 3 is 2.79 bits per heavy atom. The van der Waals surface area contributed by atoms with Crippen molar-refractivity contribution < 1.29 is 13.9 Å². The minimum absolute atomic E-state index is 0.205. The lowest BCUT2D eigenvalue weighted by atomic mass is 10.2. The zero-order valence-electron chi connectivity index (χ0n) is 14.2. The number of rotatable bonds is 9. The molecule has 0 atom stereocenters. The highest BCUT2D eigenvalue weighted by atomic mass is 19.1. The van der Waals surface area contributed by atoms with Crippen LogP contribution in [-0.4, -0.2) is 35.4 Å². The van der Waals surface area contributed by atoms with E-state index in [0.717, 1.165) is 25.9 Å². The zero-order chi connectivity index (χ0) is 17.4. The van der Waals surface area contributed by atoms with E-state index < -0.39 is 0 Å². The summed E-state index contributed by atoms with van der Waals surface area (Å²) in [5.41, 5.74) is 1.39. The first-order valence-electron chi connectivity index (χ1n) is 8.30. The fraction of sp³-hybridized carbons (Fsp3) is 0.444. The third kappa shape index (κ3) is 4.64. The summed E-state index contributed by atoms with van der Waals surface area (Å²) < 4.78 is 20.8. The fourth-order valence-electron chi connectivity index (χ4n) is 2.32. The van der Waals surface area contributed by atoms with Crippen molar-refractivity contribution in [2.24, 2.45) is 0 Å². The minimum atomic E-state index is -0.375. The van der Waals surface area contributed by atoms with Crippen molar-refractivity contribution in [2.45, 2.75) is 33.1 Å². The topological polar surface area (TPSA) is 56.1 Å². The summed E-state index contributed by atoms with van der Waals surface area (Å²) >= 11 is 0. The monoisotopic (exact) mass is 333 g/mol. The molecule has 2 aromatic rings. The SMILES string of the molecule is CCCCOCCCNC(=O)c1cnn(-c2ccccc2F)c1C. The number of unbranched alkanes of at least 4 members (excludes halogenated alkanes) is 1. The Kier molecular flexibility index (Phi) is 6.93. The van der Waals surface area contributed by atoms with Crippen molar-refractivity contribution in [2.75, 3.05) is 19.8 Å². The van der Waals surface area contributed by atoms with Gasteiger partial charge in [-0.15, -0.1) is 0 Å². The number of benzene rings is 1. The molecular formula is C18H24FN3O2. The second-order valence-corrected chi connectivity index (χ2v) is 5.58. The molecule has 0 saturated carbocycles. The van der Waals surface area contributed by atoms with Crippen LogP contribution in [0.4, 0.5) is 4.39 Å². The molecule has 1 N–H and O–H groups in total. The van der Waals surface area contributed by atoms with Gasteiger partial charge in [-0.25, -0.2) is 9.07 Å². The highest BCUT2D eigenvalue weighted by Crippen LogP contribution is 2.16. The van der Waals surface area contributed by atoms with Gasteiger partial charge in [0.15, 0.2) is 0 Å². The van der Waals surface area contributed by atoms with Gasteiger partial charge in [0.05, 0.1) is 17.5 Å². The van der Waals surface area contributed by atoms with E-state index in [4.69, 9.17) is 4.74 Å². The van der Waals surface area contributed by atoms with Gasteiger partial charge in [0, 0.05) is 19.8 Å². The molecule has 5 nitrogen and oxygen atoms in total. The molecule has 0 aliphatic carbocycles. The molecule has 1 aromatic heterocycles. The predicted octanol–water partition coefficient (Wildman–Crippen LogP) is 3.26. The molecule has 1 heterocycles. The Hall–Kier alpha value is -2.21. The van der Waals surface area contributed by atoms with Crippen LogP contribution in [0.3, 0.4) is 0 Å². The average Bonchev–Trinajstić information content (AvgIpc) is 2.96. The molecular weight excluding hydrogens is 309 g/mol. The molecule has 0 spiro atoms. The summed E-state index contributed by atoms with van der Waals surface area (Å²) in [6.45, 7) is 5.80. The van der Waals surface area contributed by atoms with E-state index in [9.17, 15) is 9.18 Å². The molecule has 0 saturated heterocycles. The summed E-state index contributed by atoms with van der Waals surface area (Å²) in [5, 5.41) is 6.98. The van der Waals surface area contributed by atoms with Gasteiger partial charge in [0.2, 0.25) is 0 Å². The Morgan fingerprint density at radius 2 is 2.04 bits per heavy atom. The maximum Gasteiger partial charge on any atom is 0.254 e. The summed E-state index contributed by atoms with van der Waals surface area (Å²) in [6, 6.07) is 6.35. The van der Waals surface area contributed by atoms with E-state index in [1.54, 1.807) is 25.1 Å². The first-order valence-corrected chi connectivity index (χ1v) is 8.30. The van der Waals surface area contributed by atoms with Gasteiger partial charge < -0.3 is 10.1 Å². The van der Waals surface area contributed by atoms with Gasteiger partial charge in [-0.05, 0) is 31.9 Å². The predicted molar refractivity (Wildman–Crippen MR) is 90.9 cm³/mol. The van der Waals surface area contributed by atoms with E-state index >= 15 is 0 Å². The van der Waals surface area contributed by atoms with Crippen molar-refractivity contribution in [3.8, 4) is 5.69 Å². The molecule has 0 aliphatic rings.